The third-order valence-electron chi connectivity index (χ3n) is 3.02. The Balaban J connectivity index is 2.23. The fourth-order valence-corrected chi connectivity index (χ4v) is 2.67. The first-order valence-electron chi connectivity index (χ1n) is 6.04. The van der Waals surface area contributed by atoms with Crippen molar-refractivity contribution in [2.75, 3.05) is 11.9 Å². The monoisotopic (exact) mass is 348 g/mol. The van der Waals surface area contributed by atoms with Gasteiger partial charge in [-0.25, -0.2) is 4.39 Å². The van der Waals surface area contributed by atoms with Crippen LogP contribution in [0.4, 0.5) is 10.1 Å². The van der Waals surface area contributed by atoms with Crippen molar-refractivity contribution in [3.05, 3.63) is 63.9 Å². The molecule has 0 amide bonds. The summed E-state index contributed by atoms with van der Waals surface area (Å²) in [6, 6.07) is 12.4. The summed E-state index contributed by atoms with van der Waals surface area (Å²) in [5.41, 5.74) is 2.78. The molecule has 0 spiro atoms. The number of fused-ring (bicyclic) bond motifs is 1. The Labute approximate surface area is 129 Å². The molecule has 0 atom stereocenters. The van der Waals surface area contributed by atoms with Crippen molar-refractivity contribution in [1.29, 1.82) is 0 Å². The lowest BCUT2D eigenvalue weighted by Crippen LogP contribution is -2.10. The molecule has 0 saturated heterocycles. The second-order valence-electron chi connectivity index (χ2n) is 4.38. The van der Waals surface area contributed by atoms with Gasteiger partial charge in [0.05, 0.1) is 12.3 Å². The molecule has 5 heteroatoms. The van der Waals surface area contributed by atoms with E-state index in [1.807, 2.05) is 18.2 Å². The van der Waals surface area contributed by atoms with Crippen LogP contribution in [0.25, 0.3) is 0 Å². The molecule has 0 aliphatic carbocycles. The number of nitrogens with zero attached hydrogens (tertiary/aromatic N) is 1. The molecule has 0 aromatic heterocycles. The Kier molecular flexibility index (Phi) is 3.63. The van der Waals surface area contributed by atoms with Crippen LogP contribution in [0.15, 0.2) is 51.9 Å². The van der Waals surface area contributed by atoms with Gasteiger partial charge in [0, 0.05) is 21.3 Å². The van der Waals surface area contributed by atoms with Crippen molar-refractivity contribution in [1.82, 2.24) is 0 Å². The molecule has 0 saturated carbocycles. The molecular weight excluding hydrogens is 339 g/mol. The van der Waals surface area contributed by atoms with Gasteiger partial charge in [-0.2, -0.15) is 0 Å². The van der Waals surface area contributed by atoms with E-state index in [2.05, 4.69) is 26.2 Å². The van der Waals surface area contributed by atoms with Gasteiger partial charge < -0.3 is 5.32 Å². The van der Waals surface area contributed by atoms with Gasteiger partial charge in [0.25, 0.3) is 0 Å². The predicted molar refractivity (Wildman–Crippen MR) is 87.3 cm³/mol. The highest BCUT2D eigenvalue weighted by atomic mass is 79.9. The molecule has 0 fully saturated rings. The molecular formula is C15H10BrFN2S. The molecule has 2 nitrogen and oxygen atoms in total. The van der Waals surface area contributed by atoms with Crippen molar-refractivity contribution in [3.8, 4) is 0 Å². The van der Waals surface area contributed by atoms with Gasteiger partial charge in [0.1, 0.15) is 10.8 Å². The SMILES string of the molecule is Fc1ccccc1C1=NCC(=S)Nc2ccc(Br)cc21. The number of nitrogens with one attached hydrogen (secondary N) is 1. The highest BCUT2D eigenvalue weighted by molar-refractivity contribution is 9.10. The Morgan fingerprint density at radius 2 is 1.95 bits per heavy atom. The lowest BCUT2D eigenvalue weighted by atomic mass is 10.0. The van der Waals surface area contributed by atoms with Gasteiger partial charge in [-0.1, -0.05) is 40.3 Å². The van der Waals surface area contributed by atoms with Crippen LogP contribution < -0.4 is 5.32 Å². The van der Waals surface area contributed by atoms with Crippen LogP contribution in [0, 0.1) is 5.82 Å². The molecule has 3 rings (SSSR count). The van der Waals surface area contributed by atoms with E-state index in [1.54, 1.807) is 18.2 Å². The molecule has 1 heterocycles. The number of halogens is 2. The lowest BCUT2D eigenvalue weighted by molar-refractivity contribution is 0.625. The molecule has 0 radical (unpaired) electrons. The molecule has 1 aliphatic heterocycles. The number of anilines is 1. The molecule has 1 N–H and O–H groups in total. The first-order chi connectivity index (χ1) is 9.65. The number of aliphatic imine (C=N–C) groups is 1. The average molecular weight is 349 g/mol. The number of hydrogen-bond donors (Lipinski definition) is 1. The minimum absolute atomic E-state index is 0.287. The molecule has 20 heavy (non-hydrogen) atoms. The van der Waals surface area contributed by atoms with Gasteiger partial charge in [0.15, 0.2) is 0 Å². The highest BCUT2D eigenvalue weighted by Gasteiger charge is 2.18. The van der Waals surface area contributed by atoms with Gasteiger partial charge >= 0.3 is 0 Å². The molecule has 0 bridgehead atoms. The number of thiocarbonyl (C=S) groups is 1. The van der Waals surface area contributed by atoms with Crippen LogP contribution >= 0.6 is 28.1 Å². The van der Waals surface area contributed by atoms with Crippen LogP contribution in [0.1, 0.15) is 11.1 Å². The van der Waals surface area contributed by atoms with E-state index in [0.717, 1.165) is 15.7 Å². The van der Waals surface area contributed by atoms with E-state index in [4.69, 9.17) is 12.2 Å². The Morgan fingerprint density at radius 1 is 1.15 bits per heavy atom. The zero-order valence-electron chi connectivity index (χ0n) is 10.4. The standard InChI is InChI=1S/C15H10BrFN2S/c16-9-5-6-13-11(7-9)15(18-8-14(20)19-13)10-3-1-2-4-12(10)17/h1-7H,8H2,(H,19,20). The predicted octanol–water partition coefficient (Wildman–Crippen LogP) is 4.18. The first-order valence-corrected chi connectivity index (χ1v) is 7.24. The highest BCUT2D eigenvalue weighted by Crippen LogP contribution is 2.27. The van der Waals surface area contributed by atoms with Crippen LogP contribution in [0.2, 0.25) is 0 Å². The third kappa shape index (κ3) is 2.51. The maximum atomic E-state index is 14.1. The topological polar surface area (TPSA) is 24.4 Å². The van der Waals surface area contributed by atoms with Gasteiger partial charge in [-0.3, -0.25) is 4.99 Å². The maximum Gasteiger partial charge on any atom is 0.132 e. The zero-order chi connectivity index (χ0) is 14.1. The minimum Gasteiger partial charge on any atom is -0.348 e. The summed E-state index contributed by atoms with van der Waals surface area (Å²) in [5.74, 6) is -0.287. The number of rotatable bonds is 1. The Hall–Kier alpha value is -1.59. The zero-order valence-corrected chi connectivity index (χ0v) is 12.8. The maximum absolute atomic E-state index is 14.1. The van der Waals surface area contributed by atoms with Crippen LogP contribution in [0.3, 0.4) is 0 Å². The summed E-state index contributed by atoms with van der Waals surface area (Å²) in [4.78, 5) is 5.09. The van der Waals surface area contributed by atoms with Crippen molar-refractivity contribution >= 4 is 44.5 Å². The molecule has 1 aliphatic rings. The average Bonchev–Trinajstić information content (AvgIpc) is 2.58. The largest absolute Gasteiger partial charge is 0.348 e. The molecule has 100 valence electrons. The minimum atomic E-state index is -0.287. The van der Waals surface area contributed by atoms with E-state index in [1.165, 1.54) is 6.07 Å². The molecule has 2 aromatic carbocycles. The van der Waals surface area contributed by atoms with E-state index in [9.17, 15) is 4.39 Å². The number of hydrogen-bond acceptors (Lipinski definition) is 2. The van der Waals surface area contributed by atoms with Gasteiger partial charge in [0.2, 0.25) is 0 Å². The molecule has 2 aromatic rings. The number of benzene rings is 2. The van der Waals surface area contributed by atoms with E-state index in [-0.39, 0.29) is 5.82 Å². The second kappa shape index (κ2) is 5.42. The van der Waals surface area contributed by atoms with Crippen molar-refractivity contribution in [2.24, 2.45) is 4.99 Å². The summed E-state index contributed by atoms with van der Waals surface area (Å²) in [6.45, 7) is 0.352. The quantitative estimate of drug-likeness (QED) is 0.781. The molecule has 0 unspecified atom stereocenters. The Morgan fingerprint density at radius 3 is 2.75 bits per heavy atom. The van der Waals surface area contributed by atoms with E-state index in [0.29, 0.717) is 22.8 Å². The normalized spacial score (nSPS) is 14.1. The van der Waals surface area contributed by atoms with Crippen LogP contribution in [-0.4, -0.2) is 17.2 Å². The summed E-state index contributed by atoms with van der Waals surface area (Å²) in [7, 11) is 0. The van der Waals surface area contributed by atoms with Crippen molar-refractivity contribution < 1.29 is 4.39 Å². The Bertz CT molecular complexity index is 728. The van der Waals surface area contributed by atoms with Gasteiger partial charge in [-0.15, -0.1) is 0 Å². The van der Waals surface area contributed by atoms with Crippen molar-refractivity contribution in [2.45, 2.75) is 0 Å². The summed E-state index contributed by atoms with van der Waals surface area (Å²) >= 11 is 8.65. The van der Waals surface area contributed by atoms with Crippen molar-refractivity contribution in [3.63, 3.8) is 0 Å². The number of benzodiazepines with no additional fused rings is 1. The third-order valence-corrected chi connectivity index (χ3v) is 3.74. The van der Waals surface area contributed by atoms with E-state index >= 15 is 0 Å². The first kappa shape index (κ1) is 13.4. The summed E-state index contributed by atoms with van der Waals surface area (Å²) in [5, 5.41) is 3.14. The lowest BCUT2D eigenvalue weighted by Gasteiger charge is -2.11. The van der Waals surface area contributed by atoms with E-state index < -0.39 is 0 Å². The smallest absolute Gasteiger partial charge is 0.132 e. The van der Waals surface area contributed by atoms with Gasteiger partial charge in [-0.05, 0) is 30.3 Å². The fourth-order valence-electron chi connectivity index (χ4n) is 2.13. The summed E-state index contributed by atoms with van der Waals surface area (Å²) in [6.07, 6.45) is 0. The second-order valence-corrected chi connectivity index (χ2v) is 5.79. The summed E-state index contributed by atoms with van der Waals surface area (Å²) < 4.78 is 15.0. The van der Waals surface area contributed by atoms with Crippen LogP contribution in [0.5, 0.6) is 0 Å². The fraction of sp³-hybridized carbons (Fsp3) is 0.0667. The van der Waals surface area contributed by atoms with Crippen LogP contribution in [-0.2, 0) is 0 Å².